The molecule has 2 aliphatic heterocycles. The van der Waals surface area contributed by atoms with E-state index < -0.39 is 0 Å². The van der Waals surface area contributed by atoms with E-state index in [-0.39, 0.29) is 5.60 Å². The van der Waals surface area contributed by atoms with Gasteiger partial charge >= 0.3 is 0 Å². The monoisotopic (exact) mass is 256 g/mol. The summed E-state index contributed by atoms with van der Waals surface area (Å²) < 4.78 is 11.6. The van der Waals surface area contributed by atoms with E-state index in [9.17, 15) is 0 Å². The molecule has 0 amide bonds. The maximum Gasteiger partial charge on any atom is 0.0753 e. The predicted octanol–water partition coefficient (Wildman–Crippen LogP) is 1.26. The SMILES string of the molecule is CC1(C)CN(CCCOC2CCNCC2)CCO1. The quantitative estimate of drug-likeness (QED) is 0.751. The van der Waals surface area contributed by atoms with Crippen molar-refractivity contribution in [3.63, 3.8) is 0 Å². The first-order valence-electron chi connectivity index (χ1n) is 7.34. The molecule has 0 aliphatic carbocycles. The zero-order valence-electron chi connectivity index (χ0n) is 11.9. The van der Waals surface area contributed by atoms with Gasteiger partial charge in [0.1, 0.15) is 0 Å². The number of nitrogens with zero attached hydrogens (tertiary/aromatic N) is 1. The fraction of sp³-hybridized carbons (Fsp3) is 1.00. The van der Waals surface area contributed by atoms with Gasteiger partial charge in [0.05, 0.1) is 18.3 Å². The largest absolute Gasteiger partial charge is 0.378 e. The molecule has 2 rings (SSSR count). The molecule has 0 radical (unpaired) electrons. The van der Waals surface area contributed by atoms with Crippen LogP contribution in [0.3, 0.4) is 0 Å². The lowest BCUT2D eigenvalue weighted by Gasteiger charge is -2.38. The molecule has 4 heteroatoms. The number of nitrogens with one attached hydrogen (secondary N) is 1. The second-order valence-electron chi connectivity index (χ2n) is 6.06. The minimum Gasteiger partial charge on any atom is -0.378 e. The standard InChI is InChI=1S/C14H28N2O2/c1-14(2)12-16(9-11-18-14)8-3-10-17-13-4-6-15-7-5-13/h13,15H,3-12H2,1-2H3. The molecule has 2 aliphatic rings. The van der Waals surface area contributed by atoms with Crippen molar-refractivity contribution in [1.82, 2.24) is 10.2 Å². The summed E-state index contributed by atoms with van der Waals surface area (Å²) in [5, 5.41) is 3.36. The van der Waals surface area contributed by atoms with Crippen LogP contribution in [-0.4, -0.2) is 62.5 Å². The van der Waals surface area contributed by atoms with Crippen molar-refractivity contribution in [2.24, 2.45) is 0 Å². The molecule has 18 heavy (non-hydrogen) atoms. The first kappa shape index (κ1) is 14.3. The highest BCUT2D eigenvalue weighted by molar-refractivity contribution is 4.78. The van der Waals surface area contributed by atoms with E-state index in [1.54, 1.807) is 0 Å². The Bertz CT molecular complexity index is 240. The smallest absolute Gasteiger partial charge is 0.0753 e. The number of rotatable bonds is 5. The van der Waals surface area contributed by atoms with Gasteiger partial charge in [-0.05, 0) is 46.2 Å². The van der Waals surface area contributed by atoms with Gasteiger partial charge in [-0.1, -0.05) is 0 Å². The lowest BCUT2D eigenvalue weighted by atomic mass is 10.1. The van der Waals surface area contributed by atoms with Gasteiger partial charge in [0.15, 0.2) is 0 Å². The van der Waals surface area contributed by atoms with Crippen LogP contribution in [0.25, 0.3) is 0 Å². The van der Waals surface area contributed by atoms with Crippen LogP contribution in [-0.2, 0) is 9.47 Å². The fourth-order valence-corrected chi connectivity index (χ4v) is 2.81. The summed E-state index contributed by atoms with van der Waals surface area (Å²) in [7, 11) is 0. The highest BCUT2D eigenvalue weighted by Gasteiger charge is 2.26. The summed E-state index contributed by atoms with van der Waals surface area (Å²) in [6, 6.07) is 0. The number of ether oxygens (including phenoxy) is 2. The Labute approximate surface area is 111 Å². The average molecular weight is 256 g/mol. The van der Waals surface area contributed by atoms with Gasteiger partial charge in [0, 0.05) is 26.2 Å². The van der Waals surface area contributed by atoms with Crippen molar-refractivity contribution in [2.45, 2.75) is 44.8 Å². The molecule has 2 saturated heterocycles. The molecule has 0 aromatic carbocycles. The molecule has 0 saturated carbocycles. The summed E-state index contributed by atoms with van der Waals surface area (Å²) >= 11 is 0. The van der Waals surface area contributed by atoms with Crippen LogP contribution in [0.4, 0.5) is 0 Å². The highest BCUT2D eigenvalue weighted by Crippen LogP contribution is 2.16. The van der Waals surface area contributed by atoms with Crippen LogP contribution in [0.1, 0.15) is 33.1 Å². The van der Waals surface area contributed by atoms with E-state index in [4.69, 9.17) is 9.47 Å². The maximum atomic E-state index is 5.93. The molecule has 0 unspecified atom stereocenters. The van der Waals surface area contributed by atoms with E-state index in [0.717, 1.165) is 52.4 Å². The Morgan fingerprint density at radius 1 is 1.33 bits per heavy atom. The first-order chi connectivity index (χ1) is 8.66. The Balaban J connectivity index is 1.54. The molecule has 0 atom stereocenters. The van der Waals surface area contributed by atoms with Crippen LogP contribution in [0, 0.1) is 0 Å². The van der Waals surface area contributed by atoms with Crippen LogP contribution in [0.2, 0.25) is 0 Å². The van der Waals surface area contributed by atoms with Crippen molar-refractivity contribution < 1.29 is 9.47 Å². The molecule has 0 aromatic heterocycles. The van der Waals surface area contributed by atoms with E-state index in [1.165, 1.54) is 12.8 Å². The number of piperidine rings is 1. The van der Waals surface area contributed by atoms with Gasteiger partial charge in [-0.15, -0.1) is 0 Å². The summed E-state index contributed by atoms with van der Waals surface area (Å²) in [5.41, 5.74) is 0.0220. The first-order valence-corrected chi connectivity index (χ1v) is 7.34. The van der Waals surface area contributed by atoms with Crippen LogP contribution in [0.5, 0.6) is 0 Å². The molecule has 2 fully saturated rings. The van der Waals surface area contributed by atoms with Gasteiger partial charge < -0.3 is 14.8 Å². The number of hydrogen-bond acceptors (Lipinski definition) is 4. The molecule has 2 heterocycles. The minimum absolute atomic E-state index is 0.0220. The van der Waals surface area contributed by atoms with Crippen LogP contribution >= 0.6 is 0 Å². The van der Waals surface area contributed by atoms with E-state index in [1.807, 2.05) is 0 Å². The third kappa shape index (κ3) is 4.84. The Hall–Kier alpha value is -0.160. The highest BCUT2D eigenvalue weighted by atomic mass is 16.5. The van der Waals surface area contributed by atoms with E-state index in [0.29, 0.717) is 6.10 Å². The summed E-state index contributed by atoms with van der Waals surface area (Å²) in [4.78, 5) is 2.50. The molecule has 106 valence electrons. The summed E-state index contributed by atoms with van der Waals surface area (Å²) in [5.74, 6) is 0. The average Bonchev–Trinajstić information content (AvgIpc) is 2.35. The lowest BCUT2D eigenvalue weighted by molar-refractivity contribution is -0.0878. The molecular weight excluding hydrogens is 228 g/mol. The van der Waals surface area contributed by atoms with Crippen LogP contribution < -0.4 is 5.32 Å². The molecule has 1 N–H and O–H groups in total. The van der Waals surface area contributed by atoms with Crippen molar-refractivity contribution >= 4 is 0 Å². The summed E-state index contributed by atoms with van der Waals surface area (Å²) in [6.07, 6.45) is 3.97. The van der Waals surface area contributed by atoms with Crippen molar-refractivity contribution in [1.29, 1.82) is 0 Å². The van der Waals surface area contributed by atoms with Crippen molar-refractivity contribution in [2.75, 3.05) is 45.9 Å². The second-order valence-corrected chi connectivity index (χ2v) is 6.06. The van der Waals surface area contributed by atoms with Gasteiger partial charge in [-0.2, -0.15) is 0 Å². The Morgan fingerprint density at radius 2 is 2.11 bits per heavy atom. The van der Waals surface area contributed by atoms with E-state index in [2.05, 4.69) is 24.1 Å². The molecule has 0 aromatic rings. The third-order valence-electron chi connectivity index (χ3n) is 3.76. The molecule has 0 bridgehead atoms. The van der Waals surface area contributed by atoms with Gasteiger partial charge in [0.2, 0.25) is 0 Å². The molecular formula is C14H28N2O2. The lowest BCUT2D eigenvalue weighted by Crippen LogP contribution is -2.48. The van der Waals surface area contributed by atoms with Gasteiger partial charge in [-0.3, -0.25) is 4.90 Å². The van der Waals surface area contributed by atoms with Crippen molar-refractivity contribution in [3.05, 3.63) is 0 Å². The predicted molar refractivity (Wildman–Crippen MR) is 72.9 cm³/mol. The van der Waals surface area contributed by atoms with Crippen LogP contribution in [0.15, 0.2) is 0 Å². The normalized spacial score (nSPS) is 26.3. The number of morpholine rings is 1. The molecule has 4 nitrogen and oxygen atoms in total. The second kappa shape index (κ2) is 6.85. The number of hydrogen-bond donors (Lipinski definition) is 1. The van der Waals surface area contributed by atoms with Crippen molar-refractivity contribution in [3.8, 4) is 0 Å². The van der Waals surface area contributed by atoms with Gasteiger partial charge in [-0.25, -0.2) is 0 Å². The Morgan fingerprint density at radius 3 is 2.83 bits per heavy atom. The zero-order valence-corrected chi connectivity index (χ0v) is 11.9. The zero-order chi connectivity index (χ0) is 12.8. The van der Waals surface area contributed by atoms with E-state index >= 15 is 0 Å². The summed E-state index contributed by atoms with van der Waals surface area (Å²) in [6.45, 7) is 11.6. The molecule has 0 spiro atoms. The maximum absolute atomic E-state index is 5.93. The van der Waals surface area contributed by atoms with Gasteiger partial charge in [0.25, 0.3) is 0 Å². The fourth-order valence-electron chi connectivity index (χ4n) is 2.81. The topological polar surface area (TPSA) is 33.7 Å². The minimum atomic E-state index is 0.0220. The third-order valence-corrected chi connectivity index (χ3v) is 3.76. The Kier molecular flexibility index (Phi) is 5.42.